The zero-order valence-electron chi connectivity index (χ0n) is 4.65. The highest BCUT2D eigenvalue weighted by molar-refractivity contribution is 4.30. The van der Waals surface area contributed by atoms with Crippen LogP contribution in [-0.4, -0.2) is 32.4 Å². The van der Waals surface area contributed by atoms with E-state index in [2.05, 4.69) is 4.74 Å². The van der Waals surface area contributed by atoms with Gasteiger partial charge in [0.1, 0.15) is 0 Å². The van der Waals surface area contributed by atoms with Crippen molar-refractivity contribution in [1.82, 2.24) is 5.12 Å². The molecule has 0 fully saturated rings. The van der Waals surface area contributed by atoms with E-state index in [4.69, 9.17) is 0 Å². The van der Waals surface area contributed by atoms with Crippen LogP contribution in [0.3, 0.4) is 0 Å². The summed E-state index contributed by atoms with van der Waals surface area (Å²) in [6.07, 6.45) is 0. The van der Waals surface area contributed by atoms with Gasteiger partial charge in [0.2, 0.25) is 0 Å². The standard InChI is InChI=1S/C4H10FNO/c1-6(5)3-4-7-2/h3-4H2,1-2H3. The monoisotopic (exact) mass is 107 g/mol. The van der Waals surface area contributed by atoms with E-state index in [-0.39, 0.29) is 0 Å². The van der Waals surface area contributed by atoms with E-state index in [1.165, 1.54) is 7.05 Å². The van der Waals surface area contributed by atoms with Crippen LogP contribution in [0.1, 0.15) is 0 Å². The lowest BCUT2D eigenvalue weighted by atomic mass is 10.7. The van der Waals surface area contributed by atoms with Crippen LogP contribution in [0.4, 0.5) is 4.48 Å². The van der Waals surface area contributed by atoms with Crippen molar-refractivity contribution in [2.75, 3.05) is 27.3 Å². The Kier molecular flexibility index (Phi) is 3.93. The van der Waals surface area contributed by atoms with Crippen LogP contribution in [0.2, 0.25) is 0 Å². The Labute approximate surface area is 42.8 Å². The van der Waals surface area contributed by atoms with Crippen LogP contribution in [0, 0.1) is 0 Å². The minimum atomic E-state index is 0.344. The lowest BCUT2D eigenvalue weighted by Gasteiger charge is -2.00. The van der Waals surface area contributed by atoms with Crippen LogP contribution < -0.4 is 0 Å². The largest absolute Gasteiger partial charge is 0.383 e. The zero-order chi connectivity index (χ0) is 5.70. The average molecular weight is 107 g/mol. The van der Waals surface area contributed by atoms with Gasteiger partial charge >= 0.3 is 0 Å². The SMILES string of the molecule is COCCN(C)F. The second-order valence-electron chi connectivity index (χ2n) is 1.32. The Bertz CT molecular complexity index is 40.7. The third-order valence-electron chi connectivity index (χ3n) is 0.604. The maximum absolute atomic E-state index is 11.6. The average Bonchev–Trinajstić information content (AvgIpc) is 1.61. The molecule has 0 aliphatic carbocycles. The molecule has 0 aromatic heterocycles. The molecule has 0 atom stereocenters. The Morgan fingerprint density at radius 3 is 2.43 bits per heavy atom. The molecule has 7 heavy (non-hydrogen) atoms. The van der Waals surface area contributed by atoms with E-state index in [1.807, 2.05) is 0 Å². The molecule has 0 heterocycles. The first kappa shape index (κ1) is 6.85. The van der Waals surface area contributed by atoms with Gasteiger partial charge in [-0.3, -0.25) is 0 Å². The van der Waals surface area contributed by atoms with Crippen LogP contribution in [0.15, 0.2) is 0 Å². The van der Waals surface area contributed by atoms with Gasteiger partial charge in [-0.2, -0.15) is 0 Å². The number of nitrogens with zero attached hydrogens (tertiary/aromatic N) is 1. The fraction of sp³-hybridized carbons (Fsp3) is 1.00. The van der Waals surface area contributed by atoms with Crippen molar-refractivity contribution in [3.63, 3.8) is 0 Å². The molecule has 0 unspecified atom stereocenters. The molecule has 0 bridgehead atoms. The topological polar surface area (TPSA) is 12.5 Å². The molecule has 0 saturated heterocycles. The summed E-state index contributed by atoms with van der Waals surface area (Å²) >= 11 is 0. The molecule has 0 N–H and O–H groups in total. The molecule has 0 spiro atoms. The molecule has 0 rings (SSSR count). The van der Waals surface area contributed by atoms with E-state index < -0.39 is 0 Å². The lowest BCUT2D eigenvalue weighted by molar-refractivity contribution is 0.0300. The number of rotatable bonds is 3. The first-order chi connectivity index (χ1) is 3.27. The van der Waals surface area contributed by atoms with E-state index in [0.717, 1.165) is 0 Å². The number of hydrogen-bond donors (Lipinski definition) is 0. The normalized spacial score (nSPS) is 10.3. The first-order valence-electron chi connectivity index (χ1n) is 2.13. The molecule has 0 aliphatic rings. The predicted molar refractivity (Wildman–Crippen MR) is 25.6 cm³/mol. The van der Waals surface area contributed by atoms with Crippen molar-refractivity contribution in [2.24, 2.45) is 0 Å². The lowest BCUT2D eigenvalue weighted by Crippen LogP contribution is -2.12. The zero-order valence-corrected chi connectivity index (χ0v) is 4.65. The molecular formula is C4H10FNO. The van der Waals surface area contributed by atoms with Crippen molar-refractivity contribution < 1.29 is 9.22 Å². The molecule has 0 radical (unpaired) electrons. The number of likely N-dealkylation sites (N-methyl/N-ethyl adjacent to an activating group) is 1. The molecule has 2 nitrogen and oxygen atoms in total. The predicted octanol–water partition coefficient (Wildman–Crippen LogP) is 0.449. The Balaban J connectivity index is 2.68. The fourth-order valence-electron chi connectivity index (χ4n) is 0.217. The molecule has 0 aromatic rings. The van der Waals surface area contributed by atoms with E-state index >= 15 is 0 Å². The molecule has 44 valence electrons. The molecule has 0 aromatic carbocycles. The van der Waals surface area contributed by atoms with Crippen molar-refractivity contribution in [1.29, 1.82) is 0 Å². The third kappa shape index (κ3) is 5.85. The molecule has 3 heteroatoms. The minimum absolute atomic E-state index is 0.344. The molecule has 0 aliphatic heterocycles. The maximum atomic E-state index is 11.6. The number of hydrogen-bond acceptors (Lipinski definition) is 2. The Morgan fingerprint density at radius 2 is 2.29 bits per heavy atom. The highest BCUT2D eigenvalue weighted by atomic mass is 19.2. The molecular weight excluding hydrogens is 97.0 g/mol. The number of methoxy groups -OCH3 is 1. The van der Waals surface area contributed by atoms with E-state index in [1.54, 1.807) is 7.11 Å². The van der Waals surface area contributed by atoms with Gasteiger partial charge in [-0.15, -0.1) is 9.60 Å². The van der Waals surface area contributed by atoms with E-state index in [9.17, 15) is 4.48 Å². The number of halogens is 1. The summed E-state index contributed by atoms with van der Waals surface area (Å²) in [5, 5.41) is 0.587. The summed E-state index contributed by atoms with van der Waals surface area (Å²) < 4.78 is 16.2. The van der Waals surface area contributed by atoms with Crippen LogP contribution in [0.25, 0.3) is 0 Å². The summed E-state index contributed by atoms with van der Waals surface area (Å²) in [6, 6.07) is 0. The van der Waals surface area contributed by atoms with Gasteiger partial charge in [0.15, 0.2) is 0 Å². The fourth-order valence-corrected chi connectivity index (χ4v) is 0.217. The third-order valence-corrected chi connectivity index (χ3v) is 0.604. The van der Waals surface area contributed by atoms with Gasteiger partial charge in [0, 0.05) is 14.2 Å². The van der Waals surface area contributed by atoms with Crippen LogP contribution in [-0.2, 0) is 4.74 Å². The van der Waals surface area contributed by atoms with Crippen molar-refractivity contribution in [3.8, 4) is 0 Å². The summed E-state index contributed by atoms with van der Waals surface area (Å²) in [7, 11) is 2.91. The summed E-state index contributed by atoms with van der Waals surface area (Å²) in [6.45, 7) is 0.795. The molecule has 0 saturated carbocycles. The van der Waals surface area contributed by atoms with Gasteiger partial charge in [0.05, 0.1) is 13.2 Å². The van der Waals surface area contributed by atoms with Gasteiger partial charge in [0.25, 0.3) is 0 Å². The summed E-state index contributed by atoms with van der Waals surface area (Å²) in [4.78, 5) is 0. The van der Waals surface area contributed by atoms with Gasteiger partial charge in [-0.1, -0.05) is 0 Å². The minimum Gasteiger partial charge on any atom is -0.383 e. The van der Waals surface area contributed by atoms with Crippen LogP contribution >= 0.6 is 0 Å². The second kappa shape index (κ2) is 4.02. The van der Waals surface area contributed by atoms with Crippen molar-refractivity contribution in [3.05, 3.63) is 0 Å². The van der Waals surface area contributed by atoms with E-state index in [0.29, 0.717) is 18.3 Å². The van der Waals surface area contributed by atoms with Crippen LogP contribution in [0.5, 0.6) is 0 Å². The van der Waals surface area contributed by atoms with Gasteiger partial charge in [-0.05, 0) is 0 Å². The summed E-state index contributed by atoms with van der Waals surface area (Å²) in [5.74, 6) is 0. The highest BCUT2D eigenvalue weighted by Gasteiger charge is 1.88. The summed E-state index contributed by atoms with van der Waals surface area (Å²) in [5.41, 5.74) is 0. The Hall–Kier alpha value is -0.150. The maximum Gasteiger partial charge on any atom is 0.0615 e. The second-order valence-corrected chi connectivity index (χ2v) is 1.32. The van der Waals surface area contributed by atoms with Gasteiger partial charge in [-0.25, -0.2) is 0 Å². The van der Waals surface area contributed by atoms with Crippen molar-refractivity contribution in [2.45, 2.75) is 0 Å². The van der Waals surface area contributed by atoms with Gasteiger partial charge < -0.3 is 4.74 Å². The molecule has 0 amide bonds. The Morgan fingerprint density at radius 1 is 1.71 bits per heavy atom. The first-order valence-corrected chi connectivity index (χ1v) is 2.13. The highest BCUT2D eigenvalue weighted by Crippen LogP contribution is 1.78. The number of ether oxygens (including phenoxy) is 1. The van der Waals surface area contributed by atoms with Crippen molar-refractivity contribution >= 4 is 0 Å². The smallest absolute Gasteiger partial charge is 0.0615 e. The quantitative estimate of drug-likeness (QED) is 0.485.